The van der Waals surface area contributed by atoms with Crippen LogP contribution in [0.1, 0.15) is 35.6 Å². The van der Waals surface area contributed by atoms with E-state index in [0.29, 0.717) is 6.42 Å². The highest BCUT2D eigenvalue weighted by molar-refractivity contribution is 14.1. The molecule has 1 unspecified atom stereocenters. The summed E-state index contributed by atoms with van der Waals surface area (Å²) in [5.74, 6) is 0.124. The summed E-state index contributed by atoms with van der Waals surface area (Å²) < 4.78 is 1.30. The van der Waals surface area contributed by atoms with Crippen molar-refractivity contribution in [2.24, 2.45) is 0 Å². The van der Waals surface area contributed by atoms with Gasteiger partial charge < -0.3 is 10.6 Å². The smallest absolute Gasteiger partial charge is 0.224 e. The first kappa shape index (κ1) is 15.0. The number of rotatable bonds is 3. The van der Waals surface area contributed by atoms with E-state index in [9.17, 15) is 4.79 Å². The minimum absolute atomic E-state index is 0.124. The van der Waals surface area contributed by atoms with Crippen LogP contribution in [0, 0.1) is 2.88 Å². The fourth-order valence-corrected chi connectivity index (χ4v) is 4.17. The molecule has 0 spiro atoms. The Labute approximate surface area is 142 Å². The van der Waals surface area contributed by atoms with Crippen molar-refractivity contribution in [1.29, 1.82) is 0 Å². The molecule has 3 rings (SSSR count). The molecule has 0 aliphatic carbocycles. The van der Waals surface area contributed by atoms with Gasteiger partial charge in [0.1, 0.15) is 0 Å². The van der Waals surface area contributed by atoms with Gasteiger partial charge in [-0.2, -0.15) is 0 Å². The lowest BCUT2D eigenvalue weighted by molar-refractivity contribution is -0.116. The second-order valence-electron chi connectivity index (χ2n) is 5.22. The van der Waals surface area contributed by atoms with Crippen LogP contribution in [0.3, 0.4) is 0 Å². The zero-order valence-corrected chi connectivity index (χ0v) is 14.8. The molecule has 21 heavy (non-hydrogen) atoms. The number of fused-ring (bicyclic) bond motifs is 1. The number of benzene rings is 1. The van der Waals surface area contributed by atoms with Crippen LogP contribution in [0.5, 0.6) is 0 Å². The lowest BCUT2D eigenvalue weighted by Gasteiger charge is -2.18. The molecule has 1 atom stereocenters. The Morgan fingerprint density at radius 2 is 2.14 bits per heavy atom. The van der Waals surface area contributed by atoms with E-state index < -0.39 is 0 Å². The lowest BCUT2D eigenvalue weighted by atomic mass is 9.97. The molecular formula is C16H17IN2OS. The van der Waals surface area contributed by atoms with E-state index in [0.717, 1.165) is 18.5 Å². The predicted molar refractivity (Wildman–Crippen MR) is 95.9 cm³/mol. The molecule has 110 valence electrons. The van der Waals surface area contributed by atoms with Gasteiger partial charge in [0, 0.05) is 12.1 Å². The number of halogens is 1. The largest absolute Gasteiger partial charge is 0.326 e. The van der Waals surface area contributed by atoms with Crippen LogP contribution in [0.4, 0.5) is 5.69 Å². The van der Waals surface area contributed by atoms with Gasteiger partial charge in [0.15, 0.2) is 0 Å². The number of aryl methyl sites for hydroxylation is 1. The van der Waals surface area contributed by atoms with Gasteiger partial charge in [-0.3, -0.25) is 4.79 Å². The summed E-state index contributed by atoms with van der Waals surface area (Å²) in [5, 5.41) is 8.59. The number of hydrogen-bond acceptors (Lipinski definition) is 3. The topological polar surface area (TPSA) is 41.1 Å². The van der Waals surface area contributed by atoms with Gasteiger partial charge in [-0.15, -0.1) is 11.3 Å². The monoisotopic (exact) mass is 412 g/mol. The third-order valence-corrected chi connectivity index (χ3v) is 5.60. The highest BCUT2D eigenvalue weighted by Crippen LogP contribution is 2.31. The zero-order valence-electron chi connectivity index (χ0n) is 11.8. The van der Waals surface area contributed by atoms with Gasteiger partial charge in [-0.25, -0.2) is 0 Å². The highest BCUT2D eigenvalue weighted by Gasteiger charge is 2.17. The summed E-state index contributed by atoms with van der Waals surface area (Å²) >= 11 is 4.12. The molecule has 3 nitrogen and oxygen atoms in total. The Morgan fingerprint density at radius 1 is 1.29 bits per heavy atom. The van der Waals surface area contributed by atoms with E-state index in [2.05, 4.69) is 56.8 Å². The fraction of sp³-hybridized carbons (Fsp3) is 0.312. The van der Waals surface area contributed by atoms with E-state index in [4.69, 9.17) is 0 Å². The number of carbonyl (C=O) groups is 1. The number of amides is 1. The number of nitrogens with one attached hydrogen (secondary N) is 2. The first-order valence-electron chi connectivity index (χ1n) is 7.01. The molecule has 0 radical (unpaired) electrons. The zero-order chi connectivity index (χ0) is 14.8. The summed E-state index contributed by atoms with van der Waals surface area (Å²) in [4.78, 5) is 11.6. The summed E-state index contributed by atoms with van der Waals surface area (Å²) in [7, 11) is 1.99. The molecule has 0 bridgehead atoms. The van der Waals surface area contributed by atoms with Crippen molar-refractivity contribution in [3.05, 3.63) is 49.2 Å². The maximum atomic E-state index is 11.6. The minimum atomic E-state index is 0.124. The highest BCUT2D eigenvalue weighted by atomic mass is 127. The van der Waals surface area contributed by atoms with Crippen molar-refractivity contribution in [1.82, 2.24) is 5.32 Å². The molecule has 1 aliphatic rings. The number of thiophene rings is 1. The van der Waals surface area contributed by atoms with Crippen molar-refractivity contribution in [3.8, 4) is 0 Å². The van der Waals surface area contributed by atoms with Gasteiger partial charge in [0.05, 0.1) is 8.93 Å². The van der Waals surface area contributed by atoms with Crippen LogP contribution >= 0.6 is 33.9 Å². The summed E-state index contributed by atoms with van der Waals surface area (Å²) in [6, 6.07) is 8.80. The molecule has 5 heteroatoms. The van der Waals surface area contributed by atoms with Crippen LogP contribution in [0.25, 0.3) is 0 Å². The van der Waals surface area contributed by atoms with Crippen LogP contribution < -0.4 is 10.6 Å². The number of hydrogen-bond donors (Lipinski definition) is 2. The quantitative estimate of drug-likeness (QED) is 0.751. The molecule has 1 aromatic heterocycles. The minimum Gasteiger partial charge on any atom is -0.326 e. The first-order chi connectivity index (χ1) is 10.2. The van der Waals surface area contributed by atoms with Crippen molar-refractivity contribution in [2.45, 2.75) is 25.3 Å². The van der Waals surface area contributed by atoms with Gasteiger partial charge in [0.25, 0.3) is 0 Å². The maximum absolute atomic E-state index is 11.6. The third-order valence-electron chi connectivity index (χ3n) is 3.80. The molecule has 0 saturated carbocycles. The summed E-state index contributed by atoms with van der Waals surface area (Å²) in [5.41, 5.74) is 4.76. The second-order valence-corrected chi connectivity index (χ2v) is 8.03. The van der Waals surface area contributed by atoms with E-state index >= 15 is 0 Å². The molecule has 2 N–H and O–H groups in total. The Hall–Kier alpha value is -0.920. The molecule has 2 heterocycles. The first-order valence-corrected chi connectivity index (χ1v) is 8.97. The molecule has 0 saturated heterocycles. The van der Waals surface area contributed by atoms with Crippen molar-refractivity contribution in [2.75, 3.05) is 12.4 Å². The molecular weight excluding hydrogens is 395 g/mol. The molecule has 2 aromatic rings. The normalized spacial score (nSPS) is 16.0. The summed E-state index contributed by atoms with van der Waals surface area (Å²) in [6.45, 7) is 0. The van der Waals surface area contributed by atoms with Gasteiger partial charge in [0.2, 0.25) is 5.91 Å². The molecule has 1 aliphatic heterocycles. The molecule has 0 fully saturated rings. The summed E-state index contributed by atoms with van der Waals surface area (Å²) in [6.07, 6.45) is 2.49. The molecule has 1 aromatic carbocycles. The average molecular weight is 412 g/mol. The number of anilines is 1. The second kappa shape index (κ2) is 6.46. The standard InChI is InChI=1S/C16H17IN2OS/c1-18-16(12-8-14(17)21-9-12)11-5-6-13-10(7-11)3-2-4-15(20)19-13/h5-9,16,18H,2-4H2,1H3,(H,19,20). The number of carbonyl (C=O) groups excluding carboxylic acids is 1. The van der Waals surface area contributed by atoms with Crippen molar-refractivity contribution >= 4 is 45.5 Å². The Morgan fingerprint density at radius 3 is 2.86 bits per heavy atom. The SMILES string of the molecule is CNC(c1csc(I)c1)c1ccc2c(c1)CCCC(=O)N2. The van der Waals surface area contributed by atoms with E-state index in [1.165, 1.54) is 19.6 Å². The van der Waals surface area contributed by atoms with Crippen molar-refractivity contribution in [3.63, 3.8) is 0 Å². The van der Waals surface area contributed by atoms with Crippen LogP contribution in [-0.2, 0) is 11.2 Å². The van der Waals surface area contributed by atoms with Gasteiger partial charge >= 0.3 is 0 Å². The predicted octanol–water partition coefficient (Wildman–Crippen LogP) is 3.94. The average Bonchev–Trinajstić information content (AvgIpc) is 2.79. The van der Waals surface area contributed by atoms with Crippen molar-refractivity contribution < 1.29 is 4.79 Å². The Kier molecular flexibility index (Phi) is 4.61. The third kappa shape index (κ3) is 3.30. The fourth-order valence-electron chi connectivity index (χ4n) is 2.77. The van der Waals surface area contributed by atoms with Crippen LogP contribution in [0.2, 0.25) is 0 Å². The maximum Gasteiger partial charge on any atom is 0.224 e. The van der Waals surface area contributed by atoms with Gasteiger partial charge in [-0.1, -0.05) is 12.1 Å². The van der Waals surface area contributed by atoms with Gasteiger partial charge in [-0.05, 0) is 76.7 Å². The van der Waals surface area contributed by atoms with E-state index in [1.54, 1.807) is 11.3 Å². The van der Waals surface area contributed by atoms with E-state index in [1.807, 2.05) is 13.1 Å². The Balaban J connectivity index is 1.95. The Bertz CT molecular complexity index is 668. The lowest BCUT2D eigenvalue weighted by Crippen LogP contribution is -2.17. The van der Waals surface area contributed by atoms with Crippen LogP contribution in [-0.4, -0.2) is 13.0 Å². The van der Waals surface area contributed by atoms with Crippen LogP contribution in [0.15, 0.2) is 29.6 Å². The van der Waals surface area contributed by atoms with E-state index in [-0.39, 0.29) is 11.9 Å². The molecule has 1 amide bonds.